The van der Waals surface area contributed by atoms with Crippen LogP contribution in [-0.2, 0) is 11.3 Å². The summed E-state index contributed by atoms with van der Waals surface area (Å²) in [6, 6.07) is 10.5. The summed E-state index contributed by atoms with van der Waals surface area (Å²) in [5, 5.41) is 13.2. The molecule has 3 rings (SSSR count). The summed E-state index contributed by atoms with van der Waals surface area (Å²) in [6.45, 7) is 3.51. The van der Waals surface area contributed by atoms with Crippen LogP contribution in [0.1, 0.15) is 24.3 Å². The van der Waals surface area contributed by atoms with E-state index in [1.165, 1.54) is 5.39 Å². The highest BCUT2D eigenvalue weighted by molar-refractivity contribution is 7.10. The van der Waals surface area contributed by atoms with E-state index in [1.54, 1.807) is 18.4 Å². The normalized spacial score (nSPS) is 12.4. The molecule has 0 N–H and O–H groups in total. The van der Waals surface area contributed by atoms with Crippen molar-refractivity contribution >= 4 is 22.2 Å². The molecule has 0 aliphatic rings. The molecule has 0 aliphatic carbocycles. The first-order valence-electron chi connectivity index (χ1n) is 7.64. The Balaban J connectivity index is 2.01. The van der Waals surface area contributed by atoms with Crippen molar-refractivity contribution in [2.24, 2.45) is 0 Å². The maximum absolute atomic E-state index is 8.85. The highest BCUT2D eigenvalue weighted by atomic mass is 32.1. The number of nitrogens with zero attached hydrogens (tertiary/aromatic N) is 3. The number of hydrogen-bond donors (Lipinski definition) is 0. The standard InChI is InChI=1S/C18H19N3OS/c1-13(11-22-2)18-20-16(12-23-18)15-10-21(9-5-8-19)17-7-4-3-6-14(15)17/h3-4,6-7,10,12-13H,5,9,11H2,1-2H3. The summed E-state index contributed by atoms with van der Waals surface area (Å²) >= 11 is 1.68. The predicted molar refractivity (Wildman–Crippen MR) is 93.6 cm³/mol. The van der Waals surface area contributed by atoms with Gasteiger partial charge in [-0.05, 0) is 6.07 Å². The number of hydrogen-bond acceptors (Lipinski definition) is 4. The zero-order chi connectivity index (χ0) is 16.2. The number of methoxy groups -OCH3 is 1. The van der Waals surface area contributed by atoms with Gasteiger partial charge < -0.3 is 9.30 Å². The fourth-order valence-electron chi connectivity index (χ4n) is 2.77. The molecule has 118 valence electrons. The van der Waals surface area contributed by atoms with E-state index >= 15 is 0 Å². The molecule has 0 saturated carbocycles. The van der Waals surface area contributed by atoms with E-state index in [-0.39, 0.29) is 0 Å². The molecule has 1 aromatic carbocycles. The van der Waals surface area contributed by atoms with Crippen LogP contribution in [0, 0.1) is 11.3 Å². The molecule has 23 heavy (non-hydrogen) atoms. The Hall–Kier alpha value is -2.16. The molecule has 2 heterocycles. The summed E-state index contributed by atoms with van der Waals surface area (Å²) in [6.07, 6.45) is 2.62. The van der Waals surface area contributed by atoms with E-state index in [0.29, 0.717) is 25.5 Å². The van der Waals surface area contributed by atoms with Crippen molar-refractivity contribution in [2.45, 2.75) is 25.8 Å². The Morgan fingerprint density at radius 1 is 1.39 bits per heavy atom. The van der Waals surface area contributed by atoms with E-state index in [9.17, 15) is 0 Å². The van der Waals surface area contributed by atoms with Gasteiger partial charge in [0.2, 0.25) is 0 Å². The van der Waals surface area contributed by atoms with Gasteiger partial charge in [0.25, 0.3) is 0 Å². The number of para-hydroxylation sites is 1. The first-order valence-corrected chi connectivity index (χ1v) is 8.52. The van der Waals surface area contributed by atoms with Gasteiger partial charge in [0, 0.05) is 47.6 Å². The summed E-state index contributed by atoms with van der Waals surface area (Å²) < 4.78 is 7.37. The van der Waals surface area contributed by atoms with E-state index in [2.05, 4.69) is 41.3 Å². The van der Waals surface area contributed by atoms with Crippen molar-refractivity contribution in [3.8, 4) is 17.3 Å². The number of aromatic nitrogens is 2. The smallest absolute Gasteiger partial charge is 0.0983 e. The molecule has 0 radical (unpaired) electrons. The van der Waals surface area contributed by atoms with Gasteiger partial charge in [-0.3, -0.25) is 0 Å². The monoisotopic (exact) mass is 325 g/mol. The molecule has 0 aliphatic heterocycles. The highest BCUT2D eigenvalue weighted by Crippen LogP contribution is 2.33. The molecule has 3 aromatic rings. The third-order valence-corrected chi connectivity index (χ3v) is 4.97. The van der Waals surface area contributed by atoms with Gasteiger partial charge in [-0.2, -0.15) is 5.26 Å². The van der Waals surface area contributed by atoms with Gasteiger partial charge >= 0.3 is 0 Å². The van der Waals surface area contributed by atoms with Crippen molar-refractivity contribution in [2.75, 3.05) is 13.7 Å². The molecule has 5 heteroatoms. The van der Waals surface area contributed by atoms with Crippen LogP contribution in [0.2, 0.25) is 0 Å². The van der Waals surface area contributed by atoms with Gasteiger partial charge in [0.15, 0.2) is 0 Å². The van der Waals surface area contributed by atoms with Crippen LogP contribution in [0.15, 0.2) is 35.8 Å². The third-order valence-electron chi connectivity index (χ3n) is 3.89. The van der Waals surface area contributed by atoms with Crippen molar-refractivity contribution in [1.82, 2.24) is 9.55 Å². The Kier molecular flexibility index (Phi) is 4.75. The molecule has 1 unspecified atom stereocenters. The van der Waals surface area contributed by atoms with E-state index in [1.807, 2.05) is 12.1 Å². The minimum Gasteiger partial charge on any atom is -0.384 e. The SMILES string of the molecule is COCC(C)c1nc(-c2cn(CCC#N)c3ccccc23)cs1. The maximum Gasteiger partial charge on any atom is 0.0983 e. The number of thiazole rings is 1. The van der Waals surface area contributed by atoms with Gasteiger partial charge in [-0.25, -0.2) is 4.98 Å². The zero-order valence-corrected chi connectivity index (χ0v) is 14.1. The van der Waals surface area contributed by atoms with Gasteiger partial charge in [-0.1, -0.05) is 25.1 Å². The second-order valence-electron chi connectivity index (χ2n) is 5.59. The van der Waals surface area contributed by atoms with Crippen molar-refractivity contribution in [3.63, 3.8) is 0 Å². The molecular weight excluding hydrogens is 306 g/mol. The van der Waals surface area contributed by atoms with Crippen LogP contribution < -0.4 is 0 Å². The quantitative estimate of drug-likeness (QED) is 0.673. The number of fused-ring (bicyclic) bond motifs is 1. The Labute approximate surface area is 140 Å². The van der Waals surface area contributed by atoms with Gasteiger partial charge in [-0.15, -0.1) is 11.3 Å². The number of ether oxygens (including phenoxy) is 1. The molecule has 0 fully saturated rings. The van der Waals surface area contributed by atoms with E-state index in [0.717, 1.165) is 21.8 Å². The summed E-state index contributed by atoms with van der Waals surface area (Å²) in [7, 11) is 1.72. The fourth-order valence-corrected chi connectivity index (χ4v) is 3.63. The Morgan fingerprint density at radius 2 is 2.22 bits per heavy atom. The predicted octanol–water partition coefficient (Wildman–Crippen LogP) is 4.43. The average molecular weight is 325 g/mol. The molecule has 4 nitrogen and oxygen atoms in total. The van der Waals surface area contributed by atoms with Crippen LogP contribution in [0.5, 0.6) is 0 Å². The highest BCUT2D eigenvalue weighted by Gasteiger charge is 2.15. The summed E-state index contributed by atoms with van der Waals surface area (Å²) in [5.41, 5.74) is 3.28. The first-order chi connectivity index (χ1) is 11.2. The Bertz CT molecular complexity index is 843. The second kappa shape index (κ2) is 6.95. The van der Waals surface area contributed by atoms with E-state index in [4.69, 9.17) is 15.0 Å². The van der Waals surface area contributed by atoms with Crippen LogP contribution in [0.3, 0.4) is 0 Å². The van der Waals surface area contributed by atoms with Crippen molar-refractivity contribution in [3.05, 3.63) is 40.8 Å². The Morgan fingerprint density at radius 3 is 3.00 bits per heavy atom. The van der Waals surface area contributed by atoms with Crippen LogP contribution in [0.4, 0.5) is 0 Å². The van der Waals surface area contributed by atoms with Crippen LogP contribution in [-0.4, -0.2) is 23.3 Å². The fraction of sp³-hybridized carbons (Fsp3) is 0.333. The molecule has 0 bridgehead atoms. The molecule has 2 aromatic heterocycles. The van der Waals surface area contributed by atoms with Crippen molar-refractivity contribution < 1.29 is 4.74 Å². The van der Waals surface area contributed by atoms with Gasteiger partial charge in [0.05, 0.1) is 29.8 Å². The molecule has 0 spiro atoms. The lowest BCUT2D eigenvalue weighted by Gasteiger charge is -2.05. The maximum atomic E-state index is 8.85. The minimum absolute atomic E-state index is 0.297. The lowest BCUT2D eigenvalue weighted by atomic mass is 10.1. The van der Waals surface area contributed by atoms with E-state index < -0.39 is 0 Å². The third kappa shape index (κ3) is 3.14. The summed E-state index contributed by atoms with van der Waals surface area (Å²) in [4.78, 5) is 4.80. The molecular formula is C18H19N3OS. The second-order valence-corrected chi connectivity index (χ2v) is 6.48. The molecule has 0 saturated heterocycles. The molecule has 0 amide bonds. The number of aryl methyl sites for hydroxylation is 1. The number of nitriles is 1. The lowest BCUT2D eigenvalue weighted by molar-refractivity contribution is 0.184. The largest absolute Gasteiger partial charge is 0.384 e. The van der Waals surface area contributed by atoms with Gasteiger partial charge in [0.1, 0.15) is 0 Å². The summed E-state index contributed by atoms with van der Waals surface area (Å²) in [5.74, 6) is 0.297. The van der Waals surface area contributed by atoms with Crippen LogP contribution in [0.25, 0.3) is 22.2 Å². The first kappa shape index (κ1) is 15.7. The molecule has 1 atom stereocenters. The number of rotatable bonds is 6. The number of benzene rings is 1. The zero-order valence-electron chi connectivity index (χ0n) is 13.3. The minimum atomic E-state index is 0.297. The van der Waals surface area contributed by atoms with Crippen LogP contribution >= 0.6 is 11.3 Å². The van der Waals surface area contributed by atoms with Crippen molar-refractivity contribution in [1.29, 1.82) is 5.26 Å². The topological polar surface area (TPSA) is 50.8 Å². The average Bonchev–Trinajstić information content (AvgIpc) is 3.18. The lowest BCUT2D eigenvalue weighted by Crippen LogP contribution is -2.01.